The van der Waals surface area contributed by atoms with E-state index < -0.39 is 6.61 Å². The summed E-state index contributed by atoms with van der Waals surface area (Å²) in [6.07, 6.45) is 0. The average molecular weight is 448 g/mol. The van der Waals surface area contributed by atoms with Gasteiger partial charge < -0.3 is 25.6 Å². The van der Waals surface area contributed by atoms with Crippen LogP contribution in [0.1, 0.15) is 28.4 Å². The number of hydrogen-bond acceptors (Lipinski definition) is 4. The van der Waals surface area contributed by atoms with Gasteiger partial charge in [-0.25, -0.2) is 4.99 Å². The van der Waals surface area contributed by atoms with Gasteiger partial charge in [-0.3, -0.25) is 4.79 Å². The third-order valence-electron chi connectivity index (χ3n) is 4.43. The number of benzene rings is 2. The average Bonchev–Trinajstić information content (AvgIpc) is 2.76. The molecule has 0 spiro atoms. The van der Waals surface area contributed by atoms with Crippen LogP contribution in [0.3, 0.4) is 0 Å². The highest BCUT2D eigenvalue weighted by Gasteiger charge is 2.10. The van der Waals surface area contributed by atoms with Crippen LogP contribution in [0.4, 0.5) is 8.78 Å². The molecule has 0 aliphatic carbocycles. The molecule has 0 saturated carbocycles. The standard InChI is InChI=1S/C23H31F2N5O2/c1-4-26-23(29-16-19-9-5-6-11-20(19)32-22(24)25)28-15-17-8-7-10-18(14-17)21(31)27-12-13-30(2)3/h5-11,14,22H,4,12-13,15-16H2,1-3H3,(H,27,31)(H2,26,28,29). The maximum Gasteiger partial charge on any atom is 0.387 e. The summed E-state index contributed by atoms with van der Waals surface area (Å²) in [6.45, 7) is 1.63. The first-order valence-corrected chi connectivity index (χ1v) is 10.5. The number of guanidine groups is 1. The summed E-state index contributed by atoms with van der Waals surface area (Å²) in [4.78, 5) is 18.9. The number of likely N-dealkylation sites (N-methyl/N-ethyl adjacent to an activating group) is 1. The van der Waals surface area contributed by atoms with E-state index in [1.54, 1.807) is 24.3 Å². The number of aliphatic imine (C=N–C) groups is 1. The fourth-order valence-corrected chi connectivity index (χ4v) is 2.86. The summed E-state index contributed by atoms with van der Waals surface area (Å²) < 4.78 is 29.8. The summed E-state index contributed by atoms with van der Waals surface area (Å²) in [6, 6.07) is 13.9. The Kier molecular flexibility index (Phi) is 10.4. The fourth-order valence-electron chi connectivity index (χ4n) is 2.86. The van der Waals surface area contributed by atoms with E-state index in [1.807, 2.05) is 44.1 Å². The summed E-state index contributed by atoms with van der Waals surface area (Å²) in [5.41, 5.74) is 2.05. The molecule has 0 unspecified atom stereocenters. The zero-order valence-electron chi connectivity index (χ0n) is 18.7. The van der Waals surface area contributed by atoms with Crippen LogP contribution in [0, 0.1) is 0 Å². The molecule has 2 aromatic carbocycles. The lowest BCUT2D eigenvalue weighted by Crippen LogP contribution is -2.36. The molecule has 0 aromatic heterocycles. The topological polar surface area (TPSA) is 78.0 Å². The lowest BCUT2D eigenvalue weighted by Gasteiger charge is -2.14. The Bertz CT molecular complexity index is 890. The molecule has 0 radical (unpaired) electrons. The van der Waals surface area contributed by atoms with E-state index in [-0.39, 0.29) is 18.2 Å². The van der Waals surface area contributed by atoms with Crippen molar-refractivity contribution in [2.75, 3.05) is 33.7 Å². The molecule has 0 fully saturated rings. The Hall–Kier alpha value is -3.20. The number of carbonyl (C=O) groups is 1. The number of nitrogens with zero attached hydrogens (tertiary/aromatic N) is 2. The van der Waals surface area contributed by atoms with Crippen molar-refractivity contribution in [3.8, 4) is 5.75 Å². The molecular formula is C23H31F2N5O2. The highest BCUT2D eigenvalue weighted by Crippen LogP contribution is 2.19. The van der Waals surface area contributed by atoms with Crippen molar-refractivity contribution >= 4 is 11.9 Å². The van der Waals surface area contributed by atoms with Gasteiger partial charge in [0.25, 0.3) is 5.91 Å². The number of hydrogen-bond donors (Lipinski definition) is 3. The van der Waals surface area contributed by atoms with Gasteiger partial charge in [-0.05, 0) is 44.8 Å². The van der Waals surface area contributed by atoms with Crippen LogP contribution < -0.4 is 20.7 Å². The van der Waals surface area contributed by atoms with Gasteiger partial charge in [0, 0.05) is 37.3 Å². The lowest BCUT2D eigenvalue weighted by molar-refractivity contribution is -0.0504. The number of carbonyl (C=O) groups excluding carboxylic acids is 1. The molecule has 9 heteroatoms. The van der Waals surface area contributed by atoms with Crippen LogP contribution in [0.2, 0.25) is 0 Å². The maximum absolute atomic E-state index is 12.6. The third-order valence-corrected chi connectivity index (χ3v) is 4.43. The van der Waals surface area contributed by atoms with E-state index in [2.05, 4.69) is 25.7 Å². The molecule has 32 heavy (non-hydrogen) atoms. The van der Waals surface area contributed by atoms with Crippen LogP contribution >= 0.6 is 0 Å². The van der Waals surface area contributed by atoms with E-state index in [9.17, 15) is 13.6 Å². The Morgan fingerprint density at radius 3 is 2.59 bits per heavy atom. The van der Waals surface area contributed by atoms with Crippen molar-refractivity contribution in [1.82, 2.24) is 20.9 Å². The Labute approximate surface area is 187 Å². The van der Waals surface area contributed by atoms with Crippen molar-refractivity contribution in [1.29, 1.82) is 0 Å². The van der Waals surface area contributed by atoms with Gasteiger partial charge in [-0.1, -0.05) is 30.3 Å². The SMILES string of the molecule is CCNC(=NCc1cccc(C(=O)NCCN(C)C)c1)NCc1ccccc1OC(F)F. The van der Waals surface area contributed by atoms with Gasteiger partial charge in [-0.15, -0.1) is 0 Å². The first kappa shape index (κ1) is 25.1. The first-order chi connectivity index (χ1) is 15.4. The van der Waals surface area contributed by atoms with E-state index >= 15 is 0 Å². The van der Waals surface area contributed by atoms with Gasteiger partial charge >= 0.3 is 6.61 Å². The molecule has 7 nitrogen and oxygen atoms in total. The Balaban J connectivity index is 2.01. The summed E-state index contributed by atoms with van der Waals surface area (Å²) in [5.74, 6) is 0.525. The zero-order chi connectivity index (χ0) is 23.3. The number of halogens is 2. The third kappa shape index (κ3) is 8.89. The van der Waals surface area contributed by atoms with Gasteiger partial charge in [0.2, 0.25) is 0 Å². The van der Waals surface area contributed by atoms with Crippen molar-refractivity contribution in [3.63, 3.8) is 0 Å². The van der Waals surface area contributed by atoms with Crippen LogP contribution in [0.25, 0.3) is 0 Å². The Morgan fingerprint density at radius 1 is 1.09 bits per heavy atom. The van der Waals surface area contributed by atoms with E-state index in [4.69, 9.17) is 0 Å². The highest BCUT2D eigenvalue weighted by molar-refractivity contribution is 5.94. The molecule has 2 rings (SSSR count). The number of nitrogens with one attached hydrogen (secondary N) is 3. The normalized spacial score (nSPS) is 11.5. The fraction of sp³-hybridized carbons (Fsp3) is 0.391. The molecule has 0 saturated heterocycles. The lowest BCUT2D eigenvalue weighted by atomic mass is 10.1. The second kappa shape index (κ2) is 13.3. The minimum absolute atomic E-state index is 0.124. The second-order valence-corrected chi connectivity index (χ2v) is 7.29. The molecule has 3 N–H and O–H groups in total. The summed E-state index contributed by atoms with van der Waals surface area (Å²) in [5, 5.41) is 9.15. The number of ether oxygens (including phenoxy) is 1. The number of rotatable bonds is 11. The molecule has 174 valence electrons. The first-order valence-electron chi connectivity index (χ1n) is 10.5. The van der Waals surface area contributed by atoms with E-state index in [1.165, 1.54) is 6.07 Å². The van der Waals surface area contributed by atoms with Crippen LogP contribution in [-0.2, 0) is 13.1 Å². The molecule has 0 bridgehead atoms. The van der Waals surface area contributed by atoms with Crippen molar-refractivity contribution in [2.24, 2.45) is 4.99 Å². The van der Waals surface area contributed by atoms with Crippen LogP contribution in [0.5, 0.6) is 5.75 Å². The van der Waals surface area contributed by atoms with Gasteiger partial charge in [0.1, 0.15) is 5.75 Å². The molecule has 0 aliphatic rings. The van der Waals surface area contributed by atoms with Crippen molar-refractivity contribution in [2.45, 2.75) is 26.6 Å². The predicted octanol–water partition coefficient (Wildman–Crippen LogP) is 2.83. The predicted molar refractivity (Wildman–Crippen MR) is 122 cm³/mol. The minimum atomic E-state index is -2.88. The second-order valence-electron chi connectivity index (χ2n) is 7.29. The molecule has 1 amide bonds. The smallest absolute Gasteiger partial charge is 0.387 e. The summed E-state index contributed by atoms with van der Waals surface area (Å²) in [7, 11) is 3.90. The minimum Gasteiger partial charge on any atom is -0.434 e. The molecule has 2 aromatic rings. The van der Waals surface area contributed by atoms with Gasteiger partial charge in [0.15, 0.2) is 5.96 Å². The molecular weight excluding hydrogens is 416 g/mol. The molecule has 0 aliphatic heterocycles. The Morgan fingerprint density at radius 2 is 1.88 bits per heavy atom. The monoisotopic (exact) mass is 447 g/mol. The van der Waals surface area contributed by atoms with Crippen LogP contribution in [0.15, 0.2) is 53.5 Å². The van der Waals surface area contributed by atoms with Gasteiger partial charge in [0.05, 0.1) is 6.54 Å². The zero-order valence-corrected chi connectivity index (χ0v) is 18.7. The molecule has 0 heterocycles. The number of amides is 1. The number of para-hydroxylation sites is 1. The number of alkyl halides is 2. The van der Waals surface area contributed by atoms with Crippen molar-refractivity contribution in [3.05, 3.63) is 65.2 Å². The van der Waals surface area contributed by atoms with E-state index in [0.717, 1.165) is 12.1 Å². The maximum atomic E-state index is 12.6. The van der Waals surface area contributed by atoms with Crippen LogP contribution in [-0.4, -0.2) is 57.1 Å². The highest BCUT2D eigenvalue weighted by atomic mass is 19.3. The summed E-state index contributed by atoms with van der Waals surface area (Å²) >= 11 is 0. The molecule has 0 atom stereocenters. The largest absolute Gasteiger partial charge is 0.434 e. The van der Waals surface area contributed by atoms with Crippen molar-refractivity contribution < 1.29 is 18.3 Å². The quantitative estimate of drug-likeness (QED) is 0.365. The van der Waals surface area contributed by atoms with Gasteiger partial charge in [-0.2, -0.15) is 8.78 Å². The van der Waals surface area contributed by atoms with E-state index in [0.29, 0.717) is 36.7 Å².